The number of amides is 1. The van der Waals surface area contributed by atoms with Crippen molar-refractivity contribution in [2.24, 2.45) is 0 Å². The van der Waals surface area contributed by atoms with Gasteiger partial charge in [-0.3, -0.25) is 4.79 Å². The number of rotatable bonds is 2. The van der Waals surface area contributed by atoms with Crippen LogP contribution in [-0.2, 0) is 4.79 Å². The smallest absolute Gasteiger partial charge is 0.243 e. The summed E-state index contributed by atoms with van der Waals surface area (Å²) in [5.74, 6) is -0.0828. The molecule has 1 aromatic carbocycles. The largest absolute Gasteiger partial charge is 0.356 e. The lowest BCUT2D eigenvalue weighted by molar-refractivity contribution is -0.115. The Labute approximate surface area is 78.3 Å². The van der Waals surface area contributed by atoms with E-state index in [2.05, 4.69) is 5.32 Å². The van der Waals surface area contributed by atoms with Crippen molar-refractivity contribution in [1.29, 1.82) is 0 Å². The van der Waals surface area contributed by atoms with E-state index in [0.717, 1.165) is 5.56 Å². The standard InChI is InChI=1S/C11H13NO/c1-9-3-5-10(6-4-9)7-8-11(13)12-2/h3-8H,1-2H3,(H,12,13)/b8-7+. The van der Waals surface area contributed by atoms with Gasteiger partial charge in [-0.1, -0.05) is 29.8 Å². The average molecular weight is 175 g/mol. The summed E-state index contributed by atoms with van der Waals surface area (Å²) in [7, 11) is 1.61. The minimum absolute atomic E-state index is 0.0828. The second kappa shape index (κ2) is 4.45. The first-order valence-corrected chi connectivity index (χ1v) is 4.19. The van der Waals surface area contributed by atoms with E-state index in [0.29, 0.717) is 0 Å². The first-order chi connectivity index (χ1) is 6.22. The van der Waals surface area contributed by atoms with Gasteiger partial charge < -0.3 is 5.32 Å². The third-order valence-corrected chi connectivity index (χ3v) is 1.75. The van der Waals surface area contributed by atoms with Crippen molar-refractivity contribution in [1.82, 2.24) is 5.32 Å². The molecule has 0 aliphatic carbocycles. The summed E-state index contributed by atoms with van der Waals surface area (Å²) in [6.45, 7) is 2.03. The molecule has 0 aliphatic rings. The Balaban J connectivity index is 2.69. The summed E-state index contributed by atoms with van der Waals surface area (Å²) in [5.41, 5.74) is 2.26. The van der Waals surface area contributed by atoms with Gasteiger partial charge in [-0.15, -0.1) is 0 Å². The van der Waals surface area contributed by atoms with Gasteiger partial charge in [0.25, 0.3) is 0 Å². The molecule has 1 aromatic rings. The molecule has 0 aromatic heterocycles. The summed E-state index contributed by atoms with van der Waals surface area (Å²) in [6, 6.07) is 8.00. The molecule has 2 nitrogen and oxygen atoms in total. The maximum atomic E-state index is 10.9. The first-order valence-electron chi connectivity index (χ1n) is 4.19. The molecule has 0 aliphatic heterocycles. The number of nitrogens with one attached hydrogen (secondary N) is 1. The second-order valence-electron chi connectivity index (χ2n) is 2.86. The highest BCUT2D eigenvalue weighted by atomic mass is 16.1. The maximum absolute atomic E-state index is 10.9. The van der Waals surface area contributed by atoms with E-state index in [4.69, 9.17) is 0 Å². The normalized spacial score (nSPS) is 10.3. The topological polar surface area (TPSA) is 29.1 Å². The molecule has 13 heavy (non-hydrogen) atoms. The van der Waals surface area contributed by atoms with E-state index in [-0.39, 0.29) is 5.91 Å². The van der Waals surface area contributed by atoms with Crippen LogP contribution in [0, 0.1) is 6.92 Å². The predicted molar refractivity (Wildman–Crippen MR) is 54.3 cm³/mol. The molecule has 0 radical (unpaired) electrons. The van der Waals surface area contributed by atoms with Crippen LogP contribution in [-0.4, -0.2) is 13.0 Å². The van der Waals surface area contributed by atoms with Crippen molar-refractivity contribution in [3.05, 3.63) is 41.5 Å². The van der Waals surface area contributed by atoms with Crippen LogP contribution in [0.25, 0.3) is 6.08 Å². The quantitative estimate of drug-likeness (QED) is 0.682. The van der Waals surface area contributed by atoms with Crippen molar-refractivity contribution in [2.75, 3.05) is 7.05 Å². The van der Waals surface area contributed by atoms with Crippen molar-refractivity contribution in [3.63, 3.8) is 0 Å². The summed E-state index contributed by atoms with van der Waals surface area (Å²) in [5, 5.41) is 2.52. The van der Waals surface area contributed by atoms with Crippen LogP contribution in [0.5, 0.6) is 0 Å². The highest BCUT2D eigenvalue weighted by Crippen LogP contribution is 2.04. The molecule has 0 saturated carbocycles. The zero-order valence-corrected chi connectivity index (χ0v) is 7.87. The number of benzene rings is 1. The molecule has 0 bridgehead atoms. The number of likely N-dealkylation sites (N-methyl/N-ethyl adjacent to an activating group) is 1. The van der Waals surface area contributed by atoms with E-state index in [1.54, 1.807) is 13.1 Å². The Morgan fingerprint density at radius 2 is 1.92 bits per heavy atom. The molecule has 0 atom stereocenters. The van der Waals surface area contributed by atoms with Crippen LogP contribution in [0.1, 0.15) is 11.1 Å². The third-order valence-electron chi connectivity index (χ3n) is 1.75. The molecule has 2 heteroatoms. The molecule has 1 N–H and O–H groups in total. The monoisotopic (exact) mass is 175 g/mol. The second-order valence-corrected chi connectivity index (χ2v) is 2.86. The van der Waals surface area contributed by atoms with Crippen molar-refractivity contribution in [3.8, 4) is 0 Å². The molecule has 0 fully saturated rings. The number of carbonyl (C=O) groups is 1. The summed E-state index contributed by atoms with van der Waals surface area (Å²) < 4.78 is 0. The third kappa shape index (κ3) is 3.11. The van der Waals surface area contributed by atoms with Crippen molar-refractivity contribution >= 4 is 12.0 Å². The Bertz CT molecular complexity index is 311. The SMILES string of the molecule is CNC(=O)/C=C/c1ccc(C)cc1. The lowest BCUT2D eigenvalue weighted by atomic mass is 10.1. The summed E-state index contributed by atoms with van der Waals surface area (Å²) >= 11 is 0. The summed E-state index contributed by atoms with van der Waals surface area (Å²) in [6.07, 6.45) is 3.31. The van der Waals surface area contributed by atoms with Crippen LogP contribution in [0.4, 0.5) is 0 Å². The Morgan fingerprint density at radius 3 is 2.46 bits per heavy atom. The number of aryl methyl sites for hydroxylation is 1. The highest BCUT2D eigenvalue weighted by Gasteiger charge is 1.89. The van der Waals surface area contributed by atoms with Gasteiger partial charge in [0.15, 0.2) is 0 Å². The van der Waals surface area contributed by atoms with Crippen LogP contribution < -0.4 is 5.32 Å². The predicted octanol–water partition coefficient (Wildman–Crippen LogP) is 1.75. The number of carbonyl (C=O) groups excluding carboxylic acids is 1. The fourth-order valence-corrected chi connectivity index (χ4v) is 0.933. The molecule has 0 spiro atoms. The van der Waals surface area contributed by atoms with Crippen molar-refractivity contribution < 1.29 is 4.79 Å². The van der Waals surface area contributed by atoms with Gasteiger partial charge >= 0.3 is 0 Å². The minimum atomic E-state index is -0.0828. The van der Waals surface area contributed by atoms with Crippen molar-refractivity contribution in [2.45, 2.75) is 6.92 Å². The van der Waals surface area contributed by atoms with E-state index < -0.39 is 0 Å². The van der Waals surface area contributed by atoms with Crippen LogP contribution >= 0.6 is 0 Å². The fraction of sp³-hybridized carbons (Fsp3) is 0.182. The van der Waals surface area contributed by atoms with Crippen LogP contribution in [0.3, 0.4) is 0 Å². The van der Waals surface area contributed by atoms with Gasteiger partial charge in [-0.2, -0.15) is 0 Å². The Hall–Kier alpha value is -1.57. The molecule has 0 heterocycles. The van der Waals surface area contributed by atoms with E-state index in [1.807, 2.05) is 31.2 Å². The molecule has 1 amide bonds. The molecule has 0 unspecified atom stereocenters. The maximum Gasteiger partial charge on any atom is 0.243 e. The van der Waals surface area contributed by atoms with E-state index >= 15 is 0 Å². The van der Waals surface area contributed by atoms with Gasteiger partial charge in [0.2, 0.25) is 5.91 Å². The number of hydrogen-bond donors (Lipinski definition) is 1. The molecular formula is C11H13NO. The number of hydrogen-bond acceptors (Lipinski definition) is 1. The average Bonchev–Trinajstić information content (AvgIpc) is 2.16. The highest BCUT2D eigenvalue weighted by molar-refractivity contribution is 5.91. The zero-order valence-electron chi connectivity index (χ0n) is 7.87. The molecule has 68 valence electrons. The van der Waals surface area contributed by atoms with Gasteiger partial charge in [-0.05, 0) is 18.6 Å². The Kier molecular flexibility index (Phi) is 3.26. The zero-order chi connectivity index (χ0) is 9.68. The van der Waals surface area contributed by atoms with Gasteiger partial charge in [-0.25, -0.2) is 0 Å². The molecule has 0 saturated heterocycles. The summed E-state index contributed by atoms with van der Waals surface area (Å²) in [4.78, 5) is 10.9. The molecular weight excluding hydrogens is 162 g/mol. The lowest BCUT2D eigenvalue weighted by Gasteiger charge is -1.94. The molecule has 1 rings (SSSR count). The van der Waals surface area contributed by atoms with Gasteiger partial charge in [0.1, 0.15) is 0 Å². The first kappa shape index (κ1) is 9.52. The van der Waals surface area contributed by atoms with Gasteiger partial charge in [0, 0.05) is 13.1 Å². The minimum Gasteiger partial charge on any atom is -0.356 e. The van der Waals surface area contributed by atoms with E-state index in [9.17, 15) is 4.79 Å². The van der Waals surface area contributed by atoms with E-state index in [1.165, 1.54) is 11.6 Å². The van der Waals surface area contributed by atoms with Gasteiger partial charge in [0.05, 0.1) is 0 Å². The Morgan fingerprint density at radius 1 is 1.31 bits per heavy atom. The fourth-order valence-electron chi connectivity index (χ4n) is 0.933. The van der Waals surface area contributed by atoms with Crippen LogP contribution in [0.15, 0.2) is 30.3 Å². The van der Waals surface area contributed by atoms with Crippen LogP contribution in [0.2, 0.25) is 0 Å². The lowest BCUT2D eigenvalue weighted by Crippen LogP contribution is -2.13.